The Kier molecular flexibility index (Phi) is 3.63. The number of nitro groups is 1. The summed E-state index contributed by atoms with van der Waals surface area (Å²) in [5, 5.41) is 15.8. The molecule has 1 aromatic heterocycles. The molecule has 0 bridgehead atoms. The van der Waals surface area contributed by atoms with E-state index in [0.717, 1.165) is 5.01 Å². The molecule has 92 valence electrons. The SMILES string of the molecule is O=C(NCc1nccs1)c1cccc([N+](=O)[O-])c1. The van der Waals surface area contributed by atoms with Crippen molar-refractivity contribution in [2.75, 3.05) is 0 Å². The highest BCUT2D eigenvalue weighted by molar-refractivity contribution is 7.09. The molecule has 0 radical (unpaired) electrons. The third-order valence-electron chi connectivity index (χ3n) is 2.20. The number of rotatable bonds is 4. The van der Waals surface area contributed by atoms with Crippen molar-refractivity contribution in [2.45, 2.75) is 6.54 Å². The Morgan fingerprint density at radius 1 is 1.50 bits per heavy atom. The Hall–Kier alpha value is -2.28. The van der Waals surface area contributed by atoms with Crippen molar-refractivity contribution in [3.63, 3.8) is 0 Å². The zero-order valence-corrected chi connectivity index (χ0v) is 10.0. The largest absolute Gasteiger partial charge is 0.346 e. The fourth-order valence-electron chi connectivity index (χ4n) is 1.36. The molecule has 0 fully saturated rings. The molecule has 0 aliphatic carbocycles. The van der Waals surface area contributed by atoms with Crippen LogP contribution >= 0.6 is 11.3 Å². The first kappa shape index (κ1) is 12.2. The first-order valence-electron chi connectivity index (χ1n) is 5.08. The second-order valence-electron chi connectivity index (χ2n) is 3.42. The zero-order valence-electron chi connectivity index (χ0n) is 9.20. The number of amides is 1. The standard InChI is InChI=1S/C11H9N3O3S/c15-11(13-7-10-12-4-5-18-10)8-2-1-3-9(6-8)14(16)17/h1-6H,7H2,(H,13,15). The predicted octanol–water partition coefficient (Wildman–Crippen LogP) is 1.98. The van der Waals surface area contributed by atoms with Gasteiger partial charge >= 0.3 is 0 Å². The number of non-ortho nitro benzene ring substituents is 1. The van der Waals surface area contributed by atoms with Crippen LogP contribution in [0.2, 0.25) is 0 Å². The van der Waals surface area contributed by atoms with E-state index in [-0.39, 0.29) is 17.2 Å². The van der Waals surface area contributed by atoms with Crippen LogP contribution in [0.4, 0.5) is 5.69 Å². The van der Waals surface area contributed by atoms with Gasteiger partial charge in [-0.15, -0.1) is 11.3 Å². The minimum Gasteiger partial charge on any atom is -0.346 e. The number of hydrogen-bond donors (Lipinski definition) is 1. The number of thiazole rings is 1. The summed E-state index contributed by atoms with van der Waals surface area (Å²) in [6.07, 6.45) is 1.65. The summed E-state index contributed by atoms with van der Waals surface area (Å²) < 4.78 is 0. The van der Waals surface area contributed by atoms with Crippen molar-refractivity contribution in [1.29, 1.82) is 0 Å². The summed E-state index contributed by atoms with van der Waals surface area (Å²) >= 11 is 1.43. The summed E-state index contributed by atoms with van der Waals surface area (Å²) in [5.74, 6) is -0.353. The van der Waals surface area contributed by atoms with Crippen LogP contribution in [-0.2, 0) is 6.54 Å². The van der Waals surface area contributed by atoms with Gasteiger partial charge in [-0.3, -0.25) is 14.9 Å². The smallest absolute Gasteiger partial charge is 0.270 e. The molecule has 0 saturated heterocycles. The molecule has 2 rings (SSSR count). The second kappa shape index (κ2) is 5.37. The average Bonchev–Trinajstić information content (AvgIpc) is 2.89. The minimum atomic E-state index is -0.530. The summed E-state index contributed by atoms with van der Waals surface area (Å²) in [5.41, 5.74) is 0.164. The molecular formula is C11H9N3O3S. The predicted molar refractivity (Wildman–Crippen MR) is 66.4 cm³/mol. The molecule has 1 N–H and O–H groups in total. The molecule has 18 heavy (non-hydrogen) atoms. The lowest BCUT2D eigenvalue weighted by atomic mass is 10.2. The van der Waals surface area contributed by atoms with Gasteiger partial charge in [0.1, 0.15) is 5.01 Å². The first-order valence-corrected chi connectivity index (χ1v) is 5.96. The van der Waals surface area contributed by atoms with Crippen molar-refractivity contribution < 1.29 is 9.72 Å². The molecule has 7 heteroatoms. The van der Waals surface area contributed by atoms with Crippen LogP contribution in [0.3, 0.4) is 0 Å². The summed E-state index contributed by atoms with van der Waals surface area (Å²) in [6, 6.07) is 5.61. The molecule has 0 atom stereocenters. The molecule has 1 amide bonds. The van der Waals surface area contributed by atoms with Gasteiger partial charge in [0.25, 0.3) is 11.6 Å². The summed E-state index contributed by atoms with van der Waals surface area (Å²) in [7, 11) is 0. The second-order valence-corrected chi connectivity index (χ2v) is 4.40. The lowest BCUT2D eigenvalue weighted by molar-refractivity contribution is -0.384. The van der Waals surface area contributed by atoms with Gasteiger partial charge in [-0.05, 0) is 6.07 Å². The van der Waals surface area contributed by atoms with Crippen molar-refractivity contribution in [1.82, 2.24) is 10.3 Å². The van der Waals surface area contributed by atoms with E-state index in [1.165, 1.54) is 35.6 Å². The average molecular weight is 263 g/mol. The summed E-state index contributed by atoms with van der Waals surface area (Å²) in [4.78, 5) is 25.8. The molecule has 2 aromatic rings. The molecule has 1 heterocycles. The van der Waals surface area contributed by atoms with Crippen LogP contribution in [0.25, 0.3) is 0 Å². The fourth-order valence-corrected chi connectivity index (χ4v) is 1.91. The maximum absolute atomic E-state index is 11.8. The Labute approximate surface area is 106 Å². The van der Waals surface area contributed by atoms with E-state index in [4.69, 9.17) is 0 Å². The van der Waals surface area contributed by atoms with E-state index in [2.05, 4.69) is 10.3 Å². The molecule has 0 aliphatic rings. The monoisotopic (exact) mass is 263 g/mol. The van der Waals surface area contributed by atoms with Crippen LogP contribution in [0.1, 0.15) is 15.4 Å². The quantitative estimate of drug-likeness (QED) is 0.675. The molecule has 6 nitrogen and oxygen atoms in total. The number of benzene rings is 1. The third kappa shape index (κ3) is 2.89. The van der Waals surface area contributed by atoms with Gasteiger partial charge in [-0.25, -0.2) is 4.98 Å². The van der Waals surface area contributed by atoms with Gasteiger partial charge < -0.3 is 5.32 Å². The van der Waals surface area contributed by atoms with Gasteiger partial charge in [-0.2, -0.15) is 0 Å². The van der Waals surface area contributed by atoms with Crippen LogP contribution in [-0.4, -0.2) is 15.8 Å². The lowest BCUT2D eigenvalue weighted by Gasteiger charge is -2.02. The van der Waals surface area contributed by atoms with E-state index < -0.39 is 4.92 Å². The highest BCUT2D eigenvalue weighted by atomic mass is 32.1. The Balaban J connectivity index is 2.04. The van der Waals surface area contributed by atoms with Gasteiger partial charge in [0.05, 0.1) is 11.5 Å². The van der Waals surface area contributed by atoms with Crippen LogP contribution in [0.5, 0.6) is 0 Å². The number of carbonyl (C=O) groups excluding carboxylic acids is 1. The number of hydrogen-bond acceptors (Lipinski definition) is 5. The molecule has 0 aliphatic heterocycles. The Bertz CT molecular complexity index is 569. The first-order chi connectivity index (χ1) is 8.66. The lowest BCUT2D eigenvalue weighted by Crippen LogP contribution is -2.22. The van der Waals surface area contributed by atoms with E-state index in [9.17, 15) is 14.9 Å². The molecule has 1 aromatic carbocycles. The van der Waals surface area contributed by atoms with Gasteiger partial charge in [-0.1, -0.05) is 6.07 Å². The van der Waals surface area contributed by atoms with E-state index in [0.29, 0.717) is 6.54 Å². The third-order valence-corrected chi connectivity index (χ3v) is 2.98. The van der Waals surface area contributed by atoms with Crippen molar-refractivity contribution >= 4 is 22.9 Å². The van der Waals surface area contributed by atoms with Crippen molar-refractivity contribution in [3.8, 4) is 0 Å². The normalized spacial score (nSPS) is 10.0. The molecule has 0 unspecified atom stereocenters. The Morgan fingerprint density at radius 3 is 3.00 bits per heavy atom. The van der Waals surface area contributed by atoms with Gasteiger partial charge in [0, 0.05) is 29.3 Å². The Morgan fingerprint density at radius 2 is 2.33 bits per heavy atom. The highest BCUT2D eigenvalue weighted by Gasteiger charge is 2.11. The number of carbonyl (C=O) groups is 1. The van der Waals surface area contributed by atoms with Gasteiger partial charge in [0.15, 0.2) is 0 Å². The maximum Gasteiger partial charge on any atom is 0.270 e. The van der Waals surface area contributed by atoms with E-state index in [1.54, 1.807) is 6.20 Å². The minimum absolute atomic E-state index is 0.100. The van der Waals surface area contributed by atoms with Crippen molar-refractivity contribution in [3.05, 3.63) is 56.5 Å². The van der Waals surface area contributed by atoms with Gasteiger partial charge in [0.2, 0.25) is 0 Å². The van der Waals surface area contributed by atoms with Crippen LogP contribution in [0, 0.1) is 10.1 Å². The number of nitro benzene ring substituents is 1. The van der Waals surface area contributed by atoms with Crippen LogP contribution in [0.15, 0.2) is 35.8 Å². The van der Waals surface area contributed by atoms with E-state index >= 15 is 0 Å². The molecule has 0 spiro atoms. The van der Waals surface area contributed by atoms with E-state index in [1.807, 2.05) is 5.38 Å². The molecular weight excluding hydrogens is 254 g/mol. The maximum atomic E-state index is 11.8. The number of nitrogens with one attached hydrogen (secondary N) is 1. The number of nitrogens with zero attached hydrogens (tertiary/aromatic N) is 2. The zero-order chi connectivity index (χ0) is 13.0. The van der Waals surface area contributed by atoms with Crippen molar-refractivity contribution in [2.24, 2.45) is 0 Å². The topological polar surface area (TPSA) is 85.1 Å². The van der Waals surface area contributed by atoms with Crippen LogP contribution < -0.4 is 5.32 Å². The molecule has 0 saturated carbocycles. The highest BCUT2D eigenvalue weighted by Crippen LogP contribution is 2.13. The fraction of sp³-hybridized carbons (Fsp3) is 0.0909. The number of aromatic nitrogens is 1. The summed E-state index contributed by atoms with van der Waals surface area (Å²) in [6.45, 7) is 0.319.